The molecule has 2 aromatic rings. The van der Waals surface area contributed by atoms with Crippen LogP contribution in [0, 0.1) is 0 Å². The quantitative estimate of drug-likeness (QED) is 0.435. The second-order valence-electron chi connectivity index (χ2n) is 5.10. The second kappa shape index (κ2) is 9.38. The molecule has 0 bridgehead atoms. The normalized spacial score (nSPS) is 11.8. The Morgan fingerprint density at radius 2 is 2.08 bits per heavy atom. The van der Waals surface area contributed by atoms with E-state index in [2.05, 4.69) is 15.6 Å². The molecule has 1 aromatic carbocycles. The number of amides is 3. The third-order valence-electron chi connectivity index (χ3n) is 3.17. The summed E-state index contributed by atoms with van der Waals surface area (Å²) in [4.78, 5) is 38.9. The van der Waals surface area contributed by atoms with Crippen LogP contribution < -0.4 is 10.6 Å². The van der Waals surface area contributed by atoms with Crippen LogP contribution in [0.25, 0.3) is 10.2 Å². The number of nitrogens with one attached hydrogen (secondary N) is 2. The Morgan fingerprint density at radius 3 is 2.80 bits per heavy atom. The van der Waals surface area contributed by atoms with Crippen molar-refractivity contribution in [1.29, 1.82) is 0 Å². The minimum absolute atomic E-state index is 0.204. The molecule has 0 spiro atoms. The zero-order chi connectivity index (χ0) is 18.2. The van der Waals surface area contributed by atoms with Gasteiger partial charge in [-0.05, 0) is 25.5 Å². The van der Waals surface area contributed by atoms with Crippen molar-refractivity contribution in [2.24, 2.45) is 0 Å². The Balaban J connectivity index is 1.68. The van der Waals surface area contributed by atoms with Gasteiger partial charge in [-0.25, -0.2) is 9.78 Å². The minimum Gasteiger partial charge on any atom is -0.453 e. The number of esters is 1. The highest BCUT2D eigenvalue weighted by Gasteiger charge is 2.19. The highest BCUT2D eigenvalue weighted by atomic mass is 32.2. The molecular formula is C16H19N3O4S2. The average molecular weight is 381 g/mol. The molecule has 9 heteroatoms. The lowest BCUT2D eigenvalue weighted by atomic mass is 10.3. The Labute approximate surface area is 153 Å². The minimum atomic E-state index is -1.01. The van der Waals surface area contributed by atoms with Gasteiger partial charge in [0.05, 0.1) is 10.2 Å². The first kappa shape index (κ1) is 19.2. The fourth-order valence-electron chi connectivity index (χ4n) is 1.87. The fourth-order valence-corrected chi connectivity index (χ4v) is 3.95. The molecule has 0 aliphatic heterocycles. The van der Waals surface area contributed by atoms with E-state index in [1.807, 2.05) is 24.3 Å². The Morgan fingerprint density at radius 1 is 1.32 bits per heavy atom. The number of carbonyl (C=O) groups excluding carboxylic acids is 3. The van der Waals surface area contributed by atoms with Gasteiger partial charge in [-0.2, -0.15) is 0 Å². The third-order valence-corrected chi connectivity index (χ3v) is 5.43. The van der Waals surface area contributed by atoms with E-state index in [9.17, 15) is 14.4 Å². The smallest absolute Gasteiger partial charge is 0.321 e. The molecule has 1 atom stereocenters. The molecule has 2 rings (SSSR count). The molecule has 0 unspecified atom stereocenters. The van der Waals surface area contributed by atoms with Gasteiger partial charge in [0, 0.05) is 19.2 Å². The van der Waals surface area contributed by atoms with Crippen molar-refractivity contribution in [1.82, 2.24) is 15.6 Å². The van der Waals surface area contributed by atoms with E-state index >= 15 is 0 Å². The largest absolute Gasteiger partial charge is 0.453 e. The van der Waals surface area contributed by atoms with Crippen LogP contribution in [-0.2, 0) is 14.3 Å². The third kappa shape index (κ3) is 6.02. The maximum atomic E-state index is 11.7. The summed E-state index contributed by atoms with van der Waals surface area (Å²) in [6.45, 7) is 1.42. The van der Waals surface area contributed by atoms with Gasteiger partial charge >= 0.3 is 12.0 Å². The molecule has 134 valence electrons. The summed E-state index contributed by atoms with van der Waals surface area (Å²) in [5.41, 5.74) is 0.977. The summed E-state index contributed by atoms with van der Waals surface area (Å²) < 4.78 is 7.11. The molecule has 0 saturated heterocycles. The van der Waals surface area contributed by atoms with Crippen molar-refractivity contribution in [3.05, 3.63) is 24.3 Å². The Hall–Kier alpha value is -2.13. The van der Waals surface area contributed by atoms with Crippen LogP contribution in [0.15, 0.2) is 28.6 Å². The number of benzene rings is 1. The van der Waals surface area contributed by atoms with Crippen LogP contribution in [0.4, 0.5) is 4.79 Å². The van der Waals surface area contributed by atoms with E-state index in [1.165, 1.54) is 14.0 Å². The van der Waals surface area contributed by atoms with E-state index in [-0.39, 0.29) is 6.42 Å². The zero-order valence-electron chi connectivity index (χ0n) is 13.9. The van der Waals surface area contributed by atoms with Gasteiger partial charge in [0.2, 0.25) is 0 Å². The number of hydrogen-bond donors (Lipinski definition) is 2. The van der Waals surface area contributed by atoms with E-state index in [0.29, 0.717) is 6.42 Å². The summed E-state index contributed by atoms with van der Waals surface area (Å²) in [5, 5.41) is 4.31. The Bertz CT molecular complexity index is 730. The van der Waals surface area contributed by atoms with Gasteiger partial charge in [-0.15, -0.1) is 11.3 Å². The number of thioether (sulfide) groups is 1. The van der Waals surface area contributed by atoms with Crippen molar-refractivity contribution >= 4 is 51.2 Å². The maximum Gasteiger partial charge on any atom is 0.321 e. The van der Waals surface area contributed by atoms with Gasteiger partial charge in [0.15, 0.2) is 10.4 Å². The van der Waals surface area contributed by atoms with Gasteiger partial charge in [-0.1, -0.05) is 23.9 Å². The van der Waals surface area contributed by atoms with Crippen molar-refractivity contribution in [3.8, 4) is 0 Å². The van der Waals surface area contributed by atoms with Gasteiger partial charge in [-0.3, -0.25) is 14.9 Å². The lowest BCUT2D eigenvalue weighted by Gasteiger charge is -2.12. The number of urea groups is 1. The first-order valence-corrected chi connectivity index (χ1v) is 9.50. The number of hydrogen-bond acceptors (Lipinski definition) is 7. The number of thiazole rings is 1. The SMILES string of the molecule is CNC(=O)NC(=O)[C@H](C)OC(=O)CCCSc1nc2ccccc2s1. The molecule has 0 radical (unpaired) electrons. The molecular weight excluding hydrogens is 362 g/mol. The number of carbonyl (C=O) groups is 3. The lowest BCUT2D eigenvalue weighted by molar-refractivity contribution is -0.154. The summed E-state index contributed by atoms with van der Waals surface area (Å²) in [7, 11) is 1.39. The average Bonchev–Trinajstić information content (AvgIpc) is 3.01. The molecule has 1 aromatic heterocycles. The van der Waals surface area contributed by atoms with Crippen LogP contribution in [0.2, 0.25) is 0 Å². The summed E-state index contributed by atoms with van der Waals surface area (Å²) in [6, 6.07) is 7.29. The predicted molar refractivity (Wildman–Crippen MR) is 97.7 cm³/mol. The summed E-state index contributed by atoms with van der Waals surface area (Å²) >= 11 is 3.22. The van der Waals surface area contributed by atoms with E-state index in [1.54, 1.807) is 23.1 Å². The van der Waals surface area contributed by atoms with Crippen molar-refractivity contribution in [3.63, 3.8) is 0 Å². The topological polar surface area (TPSA) is 97.4 Å². The fraction of sp³-hybridized carbons (Fsp3) is 0.375. The molecule has 0 saturated carbocycles. The number of nitrogens with zero attached hydrogens (tertiary/aromatic N) is 1. The summed E-state index contributed by atoms with van der Waals surface area (Å²) in [6.07, 6.45) is -0.194. The van der Waals surface area contributed by atoms with Crippen molar-refractivity contribution < 1.29 is 19.1 Å². The summed E-state index contributed by atoms with van der Waals surface area (Å²) in [5.74, 6) is -0.394. The molecule has 7 nitrogen and oxygen atoms in total. The van der Waals surface area contributed by atoms with E-state index < -0.39 is 24.0 Å². The van der Waals surface area contributed by atoms with Crippen LogP contribution >= 0.6 is 23.1 Å². The highest BCUT2D eigenvalue weighted by Crippen LogP contribution is 2.29. The van der Waals surface area contributed by atoms with Crippen LogP contribution in [0.5, 0.6) is 0 Å². The van der Waals surface area contributed by atoms with Gasteiger partial charge in [0.25, 0.3) is 5.91 Å². The molecule has 25 heavy (non-hydrogen) atoms. The highest BCUT2D eigenvalue weighted by molar-refractivity contribution is 8.01. The molecule has 0 aliphatic rings. The second-order valence-corrected chi connectivity index (χ2v) is 7.47. The molecule has 0 aliphatic carbocycles. The maximum absolute atomic E-state index is 11.7. The van der Waals surface area contributed by atoms with Crippen molar-refractivity contribution in [2.45, 2.75) is 30.2 Å². The molecule has 3 amide bonds. The van der Waals surface area contributed by atoms with Crippen molar-refractivity contribution in [2.75, 3.05) is 12.8 Å². The van der Waals surface area contributed by atoms with E-state index in [0.717, 1.165) is 20.3 Å². The Kier molecular flexibility index (Phi) is 7.20. The van der Waals surface area contributed by atoms with Gasteiger partial charge in [0.1, 0.15) is 0 Å². The van der Waals surface area contributed by atoms with Gasteiger partial charge < -0.3 is 10.1 Å². The number of imide groups is 1. The lowest BCUT2D eigenvalue weighted by Crippen LogP contribution is -2.43. The molecule has 0 fully saturated rings. The van der Waals surface area contributed by atoms with Crippen LogP contribution in [-0.4, -0.2) is 41.8 Å². The molecule has 2 N–H and O–H groups in total. The monoisotopic (exact) mass is 381 g/mol. The number of para-hydroxylation sites is 1. The number of rotatable bonds is 7. The predicted octanol–water partition coefficient (Wildman–Crippen LogP) is 2.56. The first-order chi connectivity index (χ1) is 12.0. The van der Waals surface area contributed by atoms with Crippen LogP contribution in [0.1, 0.15) is 19.8 Å². The number of aromatic nitrogens is 1. The number of ether oxygens (including phenoxy) is 1. The zero-order valence-corrected chi connectivity index (χ0v) is 15.5. The van der Waals surface area contributed by atoms with Crippen LogP contribution in [0.3, 0.4) is 0 Å². The molecule has 1 heterocycles. The standard InChI is InChI=1S/C16H19N3O4S2/c1-10(14(21)19-15(22)17-2)23-13(20)8-5-9-24-16-18-11-6-3-4-7-12(11)25-16/h3-4,6-7,10H,5,8-9H2,1-2H3,(H2,17,19,21,22)/t10-/m0/s1. The van der Waals surface area contributed by atoms with E-state index in [4.69, 9.17) is 4.74 Å². The first-order valence-electron chi connectivity index (χ1n) is 7.70. The number of fused-ring (bicyclic) bond motifs is 1.